The van der Waals surface area contributed by atoms with Gasteiger partial charge in [0.05, 0.1) is 0 Å². The topological polar surface area (TPSA) is 54.9 Å². The molecule has 0 saturated heterocycles. The second kappa shape index (κ2) is 6.16. The Morgan fingerprint density at radius 3 is 3.04 bits per heavy atom. The summed E-state index contributed by atoms with van der Waals surface area (Å²) < 4.78 is 10.7. The van der Waals surface area contributed by atoms with E-state index in [4.69, 9.17) is 21.7 Å². The monoisotopic (exact) mass is 357 g/mol. The van der Waals surface area contributed by atoms with Crippen molar-refractivity contribution in [3.8, 4) is 11.5 Å². The lowest BCUT2D eigenvalue weighted by atomic mass is 9.81. The van der Waals surface area contributed by atoms with Gasteiger partial charge in [0, 0.05) is 18.2 Å². The van der Waals surface area contributed by atoms with Crippen molar-refractivity contribution in [2.45, 2.75) is 38.6 Å². The molecule has 132 valence electrons. The highest BCUT2D eigenvalue weighted by Crippen LogP contribution is 2.57. The van der Waals surface area contributed by atoms with Gasteiger partial charge in [0.15, 0.2) is 16.6 Å². The van der Waals surface area contributed by atoms with Gasteiger partial charge < -0.3 is 14.8 Å². The molecule has 0 amide bonds. The van der Waals surface area contributed by atoms with Crippen molar-refractivity contribution >= 4 is 23.0 Å². The van der Waals surface area contributed by atoms with Crippen molar-refractivity contribution in [3.05, 3.63) is 23.8 Å². The summed E-state index contributed by atoms with van der Waals surface area (Å²) in [6, 6.07) is 5.94. The molecule has 4 atom stereocenters. The third kappa shape index (κ3) is 2.76. The molecule has 4 aliphatic rings. The van der Waals surface area contributed by atoms with Crippen LogP contribution in [0.5, 0.6) is 11.5 Å². The van der Waals surface area contributed by atoms with E-state index < -0.39 is 0 Å². The summed E-state index contributed by atoms with van der Waals surface area (Å²) in [4.78, 5) is 0. The van der Waals surface area contributed by atoms with Crippen molar-refractivity contribution in [3.63, 3.8) is 0 Å². The maximum Gasteiger partial charge on any atom is 0.231 e. The maximum atomic E-state index is 5.40. The third-order valence-electron chi connectivity index (χ3n) is 6.39. The lowest BCUT2D eigenvalue weighted by molar-refractivity contribution is 0.174. The van der Waals surface area contributed by atoms with Gasteiger partial charge in [-0.25, -0.2) is 0 Å². The summed E-state index contributed by atoms with van der Waals surface area (Å²) >= 11 is 5.38. The van der Waals surface area contributed by atoms with Gasteiger partial charge in [0.25, 0.3) is 0 Å². The Morgan fingerprint density at radius 1 is 1.20 bits per heavy atom. The predicted octanol–water partition coefficient (Wildman–Crippen LogP) is 3.19. The summed E-state index contributed by atoms with van der Waals surface area (Å²) in [7, 11) is 0. The largest absolute Gasteiger partial charge is 0.454 e. The van der Waals surface area contributed by atoms with E-state index in [0.29, 0.717) is 24.4 Å². The van der Waals surface area contributed by atoms with E-state index in [1.165, 1.54) is 37.8 Å². The first kappa shape index (κ1) is 15.4. The van der Waals surface area contributed by atoms with Gasteiger partial charge in [-0.1, -0.05) is 12.5 Å². The highest BCUT2D eigenvalue weighted by Gasteiger charge is 2.52. The third-order valence-corrected chi connectivity index (χ3v) is 6.63. The summed E-state index contributed by atoms with van der Waals surface area (Å²) in [5.74, 6) is 5.08. The minimum Gasteiger partial charge on any atom is -0.454 e. The SMILES string of the molecule is S=C(NCc1ccc2c(c1)OCO2)N/N=C1\C[C@H]2C[C@H]1[C@H]1CCC[C@H]21. The molecule has 1 heterocycles. The van der Waals surface area contributed by atoms with Gasteiger partial charge in [-0.3, -0.25) is 5.43 Å². The number of nitrogens with zero attached hydrogens (tertiary/aromatic N) is 1. The van der Waals surface area contributed by atoms with Gasteiger partial charge in [0.2, 0.25) is 6.79 Å². The summed E-state index contributed by atoms with van der Waals surface area (Å²) in [5.41, 5.74) is 5.52. The molecule has 5 nitrogen and oxygen atoms in total. The maximum absolute atomic E-state index is 5.40. The Bertz CT molecular complexity index is 735. The molecule has 1 aliphatic heterocycles. The molecule has 6 heteroatoms. The van der Waals surface area contributed by atoms with E-state index in [0.717, 1.165) is 34.8 Å². The minimum absolute atomic E-state index is 0.299. The van der Waals surface area contributed by atoms with Crippen molar-refractivity contribution in [2.75, 3.05) is 6.79 Å². The number of ether oxygens (including phenoxy) is 2. The number of hydrogen-bond acceptors (Lipinski definition) is 4. The fourth-order valence-electron chi connectivity index (χ4n) is 5.34. The van der Waals surface area contributed by atoms with Gasteiger partial charge in [-0.05, 0) is 73.4 Å². The molecule has 3 aliphatic carbocycles. The van der Waals surface area contributed by atoms with Crippen LogP contribution in [-0.4, -0.2) is 17.6 Å². The predicted molar refractivity (Wildman–Crippen MR) is 99.6 cm³/mol. The van der Waals surface area contributed by atoms with Gasteiger partial charge in [-0.15, -0.1) is 0 Å². The molecule has 0 unspecified atom stereocenters. The fourth-order valence-corrected chi connectivity index (χ4v) is 5.46. The second-order valence-electron chi connectivity index (χ2n) is 7.65. The number of hydrazone groups is 1. The quantitative estimate of drug-likeness (QED) is 0.643. The van der Waals surface area contributed by atoms with E-state index in [1.807, 2.05) is 18.2 Å². The first-order valence-electron chi connectivity index (χ1n) is 9.27. The molecule has 1 aromatic carbocycles. The smallest absolute Gasteiger partial charge is 0.231 e. The summed E-state index contributed by atoms with van der Waals surface area (Å²) in [5, 5.41) is 8.46. The van der Waals surface area contributed by atoms with Crippen LogP contribution < -0.4 is 20.2 Å². The highest BCUT2D eigenvalue weighted by molar-refractivity contribution is 7.80. The molecule has 25 heavy (non-hydrogen) atoms. The molecule has 0 radical (unpaired) electrons. The van der Waals surface area contributed by atoms with Crippen molar-refractivity contribution in [1.82, 2.24) is 10.7 Å². The molecule has 0 aromatic heterocycles. The van der Waals surface area contributed by atoms with Crippen LogP contribution in [0.2, 0.25) is 0 Å². The van der Waals surface area contributed by atoms with Crippen molar-refractivity contribution in [1.29, 1.82) is 0 Å². The van der Waals surface area contributed by atoms with Crippen LogP contribution in [0.15, 0.2) is 23.3 Å². The summed E-state index contributed by atoms with van der Waals surface area (Å²) in [6.45, 7) is 0.942. The molecule has 1 aromatic rings. The Hall–Kier alpha value is -1.82. The molecule has 3 saturated carbocycles. The standard InChI is InChI=1S/C19H23N3O2S/c25-19(20-9-11-4-5-17-18(6-11)24-10-23-17)22-21-16-8-12-7-15(16)14-3-1-2-13(12)14/h4-6,12-15H,1-3,7-10H2,(H2,20,22,25)/b21-16+/t12-,13-,14+,15+/m1/s1. The number of fused-ring (bicyclic) bond motifs is 6. The van der Waals surface area contributed by atoms with Crippen LogP contribution in [-0.2, 0) is 6.54 Å². The van der Waals surface area contributed by atoms with Crippen molar-refractivity contribution < 1.29 is 9.47 Å². The van der Waals surface area contributed by atoms with Crippen LogP contribution in [0, 0.1) is 23.7 Å². The van der Waals surface area contributed by atoms with Crippen LogP contribution in [0.25, 0.3) is 0 Å². The van der Waals surface area contributed by atoms with E-state index in [1.54, 1.807) is 0 Å². The Labute approximate surface area is 153 Å². The van der Waals surface area contributed by atoms with Gasteiger partial charge in [-0.2, -0.15) is 5.10 Å². The van der Waals surface area contributed by atoms with E-state index in [9.17, 15) is 0 Å². The zero-order valence-corrected chi connectivity index (χ0v) is 15.0. The van der Waals surface area contributed by atoms with E-state index >= 15 is 0 Å². The number of hydrogen-bond donors (Lipinski definition) is 2. The van der Waals surface area contributed by atoms with Crippen LogP contribution in [0.3, 0.4) is 0 Å². The van der Waals surface area contributed by atoms with E-state index in [-0.39, 0.29) is 0 Å². The van der Waals surface area contributed by atoms with Crippen LogP contribution >= 0.6 is 12.2 Å². The molecule has 2 bridgehead atoms. The van der Waals surface area contributed by atoms with Gasteiger partial charge >= 0.3 is 0 Å². The minimum atomic E-state index is 0.299. The Morgan fingerprint density at radius 2 is 2.08 bits per heavy atom. The molecular weight excluding hydrogens is 334 g/mol. The fraction of sp³-hybridized carbons (Fsp3) is 0.579. The lowest BCUT2D eigenvalue weighted by Gasteiger charge is -2.25. The molecule has 0 spiro atoms. The lowest BCUT2D eigenvalue weighted by Crippen LogP contribution is -2.34. The molecule has 3 fully saturated rings. The van der Waals surface area contributed by atoms with Crippen LogP contribution in [0.4, 0.5) is 0 Å². The second-order valence-corrected chi connectivity index (χ2v) is 8.06. The number of benzene rings is 1. The van der Waals surface area contributed by atoms with E-state index in [2.05, 4.69) is 15.8 Å². The average molecular weight is 357 g/mol. The first-order chi connectivity index (χ1) is 12.3. The zero-order chi connectivity index (χ0) is 16.8. The number of thiocarbonyl (C=S) groups is 1. The Kier molecular flexibility index (Phi) is 3.81. The highest BCUT2D eigenvalue weighted by atomic mass is 32.1. The van der Waals surface area contributed by atoms with Gasteiger partial charge in [0.1, 0.15) is 0 Å². The molecule has 5 rings (SSSR count). The Balaban J connectivity index is 1.15. The van der Waals surface area contributed by atoms with Crippen LogP contribution in [0.1, 0.15) is 37.7 Å². The molecule has 2 N–H and O–H groups in total. The zero-order valence-electron chi connectivity index (χ0n) is 14.2. The first-order valence-corrected chi connectivity index (χ1v) is 9.67. The van der Waals surface area contributed by atoms with Crippen molar-refractivity contribution in [2.24, 2.45) is 28.8 Å². The summed E-state index contributed by atoms with van der Waals surface area (Å²) in [6.07, 6.45) is 6.79. The molecular formula is C19H23N3O2S. The normalized spacial score (nSPS) is 32.9. The average Bonchev–Trinajstić information content (AvgIpc) is 3.39. The number of rotatable bonds is 3. The number of nitrogens with one attached hydrogen (secondary N) is 2.